The Bertz CT molecular complexity index is 1150. The summed E-state index contributed by atoms with van der Waals surface area (Å²) < 4.78 is 40.6. The van der Waals surface area contributed by atoms with Gasteiger partial charge in [-0.15, -0.1) is 16.8 Å². The summed E-state index contributed by atoms with van der Waals surface area (Å²) >= 11 is 7.06. The number of thioether (sulfide) groups is 1. The zero-order chi connectivity index (χ0) is 24.2. The van der Waals surface area contributed by atoms with Crippen LogP contribution < -0.4 is 10.2 Å². The molecule has 1 N–H and O–H groups in total. The number of nitrogens with zero attached hydrogens (tertiary/aromatic N) is 4. The summed E-state index contributed by atoms with van der Waals surface area (Å²) in [4.78, 5) is 14.4. The third kappa shape index (κ3) is 6.08. The molecule has 0 bridgehead atoms. The molecular formula is C22H21ClF3N5OS. The highest BCUT2D eigenvalue weighted by Crippen LogP contribution is 2.34. The predicted octanol–water partition coefficient (Wildman–Crippen LogP) is 5.60. The number of hydrogen-bond acceptors (Lipinski definition) is 5. The summed E-state index contributed by atoms with van der Waals surface area (Å²) in [6, 6.07) is 10.5. The lowest BCUT2D eigenvalue weighted by Crippen LogP contribution is -2.16. The Labute approximate surface area is 198 Å². The Morgan fingerprint density at radius 3 is 2.52 bits per heavy atom. The normalized spacial score (nSPS) is 11.3. The fourth-order valence-corrected chi connectivity index (χ4v) is 3.84. The third-order valence-corrected chi connectivity index (χ3v) is 5.87. The topological polar surface area (TPSA) is 63.1 Å². The molecule has 3 rings (SSSR count). The lowest BCUT2D eigenvalue weighted by atomic mass is 10.2. The molecule has 0 spiro atoms. The van der Waals surface area contributed by atoms with Crippen molar-refractivity contribution in [2.24, 2.45) is 0 Å². The maximum Gasteiger partial charge on any atom is 0.416 e. The lowest BCUT2D eigenvalue weighted by Gasteiger charge is -2.13. The molecule has 0 atom stereocenters. The zero-order valence-electron chi connectivity index (χ0n) is 17.9. The number of carbonyl (C=O) groups excluding carboxylic acids is 1. The molecule has 174 valence electrons. The number of aromatic nitrogens is 3. The third-order valence-electron chi connectivity index (χ3n) is 4.57. The zero-order valence-corrected chi connectivity index (χ0v) is 19.4. The molecule has 0 fully saturated rings. The van der Waals surface area contributed by atoms with Crippen LogP contribution in [0.2, 0.25) is 5.02 Å². The van der Waals surface area contributed by atoms with Crippen LogP contribution >= 0.6 is 23.4 Å². The quantitative estimate of drug-likeness (QED) is 0.325. The summed E-state index contributed by atoms with van der Waals surface area (Å²) in [6.45, 7) is 4.18. The highest BCUT2D eigenvalue weighted by atomic mass is 35.5. The summed E-state index contributed by atoms with van der Waals surface area (Å²) in [5.41, 5.74) is 0.881. The minimum Gasteiger partial charge on any atom is -0.378 e. The van der Waals surface area contributed by atoms with Crippen LogP contribution in [0.15, 0.2) is 60.3 Å². The summed E-state index contributed by atoms with van der Waals surface area (Å²) in [6.07, 6.45) is -2.85. The van der Waals surface area contributed by atoms with Crippen LogP contribution in [0.5, 0.6) is 0 Å². The van der Waals surface area contributed by atoms with Gasteiger partial charge in [-0.2, -0.15) is 13.2 Å². The van der Waals surface area contributed by atoms with Crippen molar-refractivity contribution in [2.75, 3.05) is 30.1 Å². The number of rotatable bonds is 8. The second kappa shape index (κ2) is 10.3. The van der Waals surface area contributed by atoms with Crippen molar-refractivity contribution < 1.29 is 18.0 Å². The first-order chi connectivity index (χ1) is 15.6. The van der Waals surface area contributed by atoms with Crippen molar-refractivity contribution in [3.63, 3.8) is 0 Å². The largest absolute Gasteiger partial charge is 0.416 e. The minimum atomic E-state index is -4.54. The first-order valence-electron chi connectivity index (χ1n) is 9.71. The first kappa shape index (κ1) is 24.7. The van der Waals surface area contributed by atoms with Gasteiger partial charge in [-0.1, -0.05) is 29.4 Å². The van der Waals surface area contributed by atoms with Gasteiger partial charge >= 0.3 is 6.18 Å². The molecule has 0 aliphatic heterocycles. The van der Waals surface area contributed by atoms with Gasteiger partial charge in [0.2, 0.25) is 5.91 Å². The van der Waals surface area contributed by atoms with Gasteiger partial charge in [0.05, 0.1) is 22.0 Å². The first-order valence-corrected chi connectivity index (χ1v) is 11.1. The van der Waals surface area contributed by atoms with Gasteiger partial charge in [-0.3, -0.25) is 9.36 Å². The smallest absolute Gasteiger partial charge is 0.378 e. The molecule has 11 heteroatoms. The molecular weight excluding hydrogens is 475 g/mol. The summed E-state index contributed by atoms with van der Waals surface area (Å²) in [5, 5.41) is 11.3. The van der Waals surface area contributed by atoms with Crippen molar-refractivity contribution in [3.05, 3.63) is 65.7 Å². The van der Waals surface area contributed by atoms with E-state index in [9.17, 15) is 18.0 Å². The van der Waals surface area contributed by atoms with Gasteiger partial charge in [0, 0.05) is 31.9 Å². The molecule has 1 aromatic heterocycles. The maximum atomic E-state index is 12.9. The van der Waals surface area contributed by atoms with E-state index in [4.69, 9.17) is 11.6 Å². The molecule has 0 aliphatic rings. The number of anilines is 2. The lowest BCUT2D eigenvalue weighted by molar-refractivity contribution is -0.137. The van der Waals surface area contributed by atoms with E-state index >= 15 is 0 Å². The average molecular weight is 496 g/mol. The monoisotopic (exact) mass is 495 g/mol. The van der Waals surface area contributed by atoms with Crippen LogP contribution in [0.4, 0.5) is 24.5 Å². The summed E-state index contributed by atoms with van der Waals surface area (Å²) in [7, 11) is 3.89. The molecule has 0 radical (unpaired) electrons. The number of carbonyl (C=O) groups is 1. The SMILES string of the molecule is C=CCn1c(SCC(=O)Nc2cc(C(F)(F)F)ccc2Cl)nnc1-c1ccc(N(C)C)cc1. The van der Waals surface area contributed by atoms with Crippen LogP contribution in [0.3, 0.4) is 0 Å². The molecule has 0 aliphatic carbocycles. The Balaban J connectivity index is 1.74. The highest BCUT2D eigenvalue weighted by Gasteiger charge is 2.31. The van der Waals surface area contributed by atoms with Gasteiger partial charge in [0.1, 0.15) is 0 Å². The fourth-order valence-electron chi connectivity index (χ4n) is 2.93. The van der Waals surface area contributed by atoms with E-state index in [1.807, 2.05) is 47.8 Å². The van der Waals surface area contributed by atoms with Gasteiger partial charge in [0.15, 0.2) is 11.0 Å². The maximum absolute atomic E-state index is 12.9. The van der Waals surface area contributed by atoms with Crippen molar-refractivity contribution >= 4 is 40.6 Å². The van der Waals surface area contributed by atoms with E-state index in [0.29, 0.717) is 17.5 Å². The second-order valence-corrected chi connectivity index (χ2v) is 8.53. The molecule has 2 aromatic carbocycles. The fraction of sp³-hybridized carbons (Fsp3) is 0.227. The Morgan fingerprint density at radius 1 is 1.21 bits per heavy atom. The molecule has 0 unspecified atom stereocenters. The molecule has 0 saturated heterocycles. The molecule has 33 heavy (non-hydrogen) atoms. The number of halogens is 4. The number of amides is 1. The Hall–Kier alpha value is -2.98. The Kier molecular flexibility index (Phi) is 7.70. The van der Waals surface area contributed by atoms with E-state index in [2.05, 4.69) is 22.1 Å². The van der Waals surface area contributed by atoms with Crippen molar-refractivity contribution in [3.8, 4) is 11.4 Å². The number of benzene rings is 2. The summed E-state index contributed by atoms with van der Waals surface area (Å²) in [5.74, 6) is -0.00294. The molecule has 1 amide bonds. The highest BCUT2D eigenvalue weighted by molar-refractivity contribution is 7.99. The Morgan fingerprint density at radius 2 is 1.91 bits per heavy atom. The number of hydrogen-bond donors (Lipinski definition) is 1. The van der Waals surface area contributed by atoms with E-state index in [0.717, 1.165) is 41.2 Å². The van der Waals surface area contributed by atoms with E-state index < -0.39 is 17.6 Å². The van der Waals surface area contributed by atoms with Gasteiger partial charge in [-0.05, 0) is 42.5 Å². The van der Waals surface area contributed by atoms with E-state index in [-0.39, 0.29) is 16.5 Å². The predicted molar refractivity (Wildman–Crippen MR) is 126 cm³/mol. The second-order valence-electron chi connectivity index (χ2n) is 7.18. The number of nitrogens with one attached hydrogen (secondary N) is 1. The molecule has 6 nitrogen and oxygen atoms in total. The average Bonchev–Trinajstić information content (AvgIpc) is 3.16. The number of alkyl halides is 3. The van der Waals surface area contributed by atoms with Crippen molar-refractivity contribution in [2.45, 2.75) is 17.9 Å². The van der Waals surface area contributed by atoms with Crippen LogP contribution in [0, 0.1) is 0 Å². The minimum absolute atomic E-state index is 0.0135. The van der Waals surface area contributed by atoms with E-state index in [1.54, 1.807) is 6.08 Å². The van der Waals surface area contributed by atoms with Crippen LogP contribution in [0.1, 0.15) is 5.56 Å². The van der Waals surface area contributed by atoms with Crippen LogP contribution in [-0.4, -0.2) is 40.5 Å². The van der Waals surface area contributed by atoms with E-state index in [1.165, 1.54) is 0 Å². The van der Waals surface area contributed by atoms with Gasteiger partial charge in [0.25, 0.3) is 0 Å². The van der Waals surface area contributed by atoms with Crippen molar-refractivity contribution in [1.82, 2.24) is 14.8 Å². The van der Waals surface area contributed by atoms with Crippen LogP contribution in [-0.2, 0) is 17.5 Å². The standard InChI is InChI=1S/C22H21ClF3N5OS/c1-4-11-31-20(14-5-8-16(9-6-14)30(2)3)28-29-21(31)33-13-19(32)27-18-12-15(22(24,25)26)7-10-17(18)23/h4-10,12H,1,11,13H2,2-3H3,(H,27,32). The molecule has 1 heterocycles. The van der Waals surface area contributed by atoms with Gasteiger partial charge < -0.3 is 10.2 Å². The van der Waals surface area contributed by atoms with Gasteiger partial charge in [-0.25, -0.2) is 0 Å². The van der Waals surface area contributed by atoms with Crippen molar-refractivity contribution in [1.29, 1.82) is 0 Å². The number of allylic oxidation sites excluding steroid dienone is 1. The van der Waals surface area contributed by atoms with Crippen LogP contribution in [0.25, 0.3) is 11.4 Å². The molecule has 0 saturated carbocycles. The molecule has 3 aromatic rings.